The van der Waals surface area contributed by atoms with Gasteiger partial charge in [0.05, 0.1) is 0 Å². The van der Waals surface area contributed by atoms with Crippen LogP contribution in [-0.2, 0) is 6.42 Å². The van der Waals surface area contributed by atoms with Gasteiger partial charge in [0.15, 0.2) is 0 Å². The van der Waals surface area contributed by atoms with Gasteiger partial charge in [-0.05, 0) is 50.6 Å². The first-order chi connectivity index (χ1) is 8.99. The average molecular weight is 259 g/mol. The monoisotopic (exact) mass is 259 g/mol. The minimum absolute atomic E-state index is 0.747. The fourth-order valence-corrected chi connectivity index (χ4v) is 3.17. The highest BCUT2D eigenvalue weighted by molar-refractivity contribution is 5.23. The summed E-state index contributed by atoms with van der Waals surface area (Å²) in [7, 11) is 0. The van der Waals surface area contributed by atoms with Crippen molar-refractivity contribution in [2.45, 2.75) is 59.5 Å². The number of hydrogen-bond donors (Lipinski definition) is 0. The van der Waals surface area contributed by atoms with Crippen LogP contribution in [0.4, 0.5) is 0 Å². The highest BCUT2D eigenvalue weighted by atomic mass is 15.3. The van der Waals surface area contributed by atoms with E-state index in [2.05, 4.69) is 63.8 Å². The van der Waals surface area contributed by atoms with Crippen LogP contribution in [0.1, 0.15) is 45.2 Å². The topological polar surface area (TPSA) is 3.24 Å². The maximum Gasteiger partial charge on any atom is 0.0179 e. The van der Waals surface area contributed by atoms with Crippen LogP contribution in [0.2, 0.25) is 0 Å². The molecule has 3 unspecified atom stereocenters. The largest absolute Gasteiger partial charge is 0.297 e. The van der Waals surface area contributed by atoms with Gasteiger partial charge in [0, 0.05) is 12.1 Å². The summed E-state index contributed by atoms with van der Waals surface area (Å²) >= 11 is 0. The van der Waals surface area contributed by atoms with Gasteiger partial charge < -0.3 is 0 Å². The van der Waals surface area contributed by atoms with Gasteiger partial charge in [0.1, 0.15) is 0 Å². The van der Waals surface area contributed by atoms with Crippen molar-refractivity contribution >= 4 is 0 Å². The molecule has 0 saturated carbocycles. The van der Waals surface area contributed by atoms with Crippen molar-refractivity contribution in [3.8, 4) is 0 Å². The highest BCUT2D eigenvalue weighted by Gasteiger charge is 2.41. The summed E-state index contributed by atoms with van der Waals surface area (Å²) in [6, 6.07) is 10.6. The number of rotatable bonds is 5. The lowest BCUT2D eigenvalue weighted by atomic mass is 9.78. The summed E-state index contributed by atoms with van der Waals surface area (Å²) < 4.78 is 0. The second-order valence-corrected chi connectivity index (χ2v) is 6.78. The third kappa shape index (κ3) is 3.39. The average Bonchev–Trinajstić information content (AvgIpc) is 2.39. The molecule has 1 heteroatoms. The van der Waals surface area contributed by atoms with Crippen LogP contribution < -0.4 is 0 Å². The summed E-state index contributed by atoms with van der Waals surface area (Å²) in [5.41, 5.74) is 2.85. The highest BCUT2D eigenvalue weighted by Crippen LogP contribution is 2.34. The van der Waals surface area contributed by atoms with Gasteiger partial charge in [0.2, 0.25) is 0 Å². The smallest absolute Gasteiger partial charge is 0.0179 e. The summed E-state index contributed by atoms with van der Waals surface area (Å²) in [5, 5.41) is 0. The molecule has 106 valence electrons. The van der Waals surface area contributed by atoms with E-state index in [-0.39, 0.29) is 0 Å². The molecule has 2 rings (SSSR count). The SMILES string of the molecule is Cc1ccc(CC2C(C)C(C)N2CCC(C)C)cc1. The zero-order valence-electron chi connectivity index (χ0n) is 13.2. The first-order valence-corrected chi connectivity index (χ1v) is 7.80. The van der Waals surface area contributed by atoms with E-state index in [1.54, 1.807) is 0 Å². The molecule has 3 atom stereocenters. The van der Waals surface area contributed by atoms with Gasteiger partial charge in [-0.25, -0.2) is 0 Å². The van der Waals surface area contributed by atoms with Crippen molar-refractivity contribution in [2.75, 3.05) is 6.54 Å². The molecule has 0 bridgehead atoms. The molecule has 1 aromatic carbocycles. The quantitative estimate of drug-likeness (QED) is 0.762. The molecular weight excluding hydrogens is 230 g/mol. The van der Waals surface area contributed by atoms with Crippen molar-refractivity contribution in [2.24, 2.45) is 11.8 Å². The minimum atomic E-state index is 0.747. The van der Waals surface area contributed by atoms with Gasteiger partial charge in [-0.1, -0.05) is 50.6 Å². The van der Waals surface area contributed by atoms with E-state index in [0.717, 1.165) is 23.9 Å². The Morgan fingerprint density at radius 1 is 1.11 bits per heavy atom. The van der Waals surface area contributed by atoms with Gasteiger partial charge in [-0.15, -0.1) is 0 Å². The standard InChI is InChI=1S/C18H29N/c1-13(2)10-11-19-16(5)15(4)18(19)12-17-8-6-14(3)7-9-17/h6-9,13,15-16,18H,10-12H2,1-5H3. The lowest BCUT2D eigenvalue weighted by molar-refractivity contribution is -0.0394. The summed E-state index contributed by atoms with van der Waals surface area (Å²) in [5.74, 6) is 1.64. The first kappa shape index (κ1) is 14.6. The fourth-order valence-electron chi connectivity index (χ4n) is 3.17. The van der Waals surface area contributed by atoms with Crippen molar-refractivity contribution < 1.29 is 0 Å². The Hall–Kier alpha value is -0.820. The molecule has 19 heavy (non-hydrogen) atoms. The van der Waals surface area contributed by atoms with E-state index in [1.165, 1.54) is 30.5 Å². The van der Waals surface area contributed by atoms with E-state index in [9.17, 15) is 0 Å². The van der Waals surface area contributed by atoms with Crippen LogP contribution in [0.25, 0.3) is 0 Å². The van der Waals surface area contributed by atoms with Gasteiger partial charge >= 0.3 is 0 Å². The molecule has 1 aliphatic rings. The van der Waals surface area contributed by atoms with Gasteiger partial charge in [-0.2, -0.15) is 0 Å². The van der Waals surface area contributed by atoms with E-state index >= 15 is 0 Å². The second-order valence-electron chi connectivity index (χ2n) is 6.78. The Bertz CT molecular complexity index is 393. The van der Waals surface area contributed by atoms with Gasteiger partial charge in [-0.3, -0.25) is 4.90 Å². The van der Waals surface area contributed by atoms with Crippen LogP contribution >= 0.6 is 0 Å². The van der Waals surface area contributed by atoms with E-state index < -0.39 is 0 Å². The summed E-state index contributed by atoms with van der Waals surface area (Å²) in [4.78, 5) is 2.71. The molecule has 0 aromatic heterocycles. The molecule has 1 aliphatic heterocycles. The van der Waals surface area contributed by atoms with Crippen LogP contribution in [-0.4, -0.2) is 23.5 Å². The number of likely N-dealkylation sites (tertiary alicyclic amines) is 1. The molecule has 0 N–H and O–H groups in total. The van der Waals surface area contributed by atoms with Crippen LogP contribution in [0.3, 0.4) is 0 Å². The Labute approximate surface area is 119 Å². The number of benzene rings is 1. The molecular formula is C18H29N. The molecule has 1 fully saturated rings. The molecule has 0 spiro atoms. The Balaban J connectivity index is 1.95. The molecule has 0 amide bonds. The molecule has 1 aromatic rings. The lowest BCUT2D eigenvalue weighted by Crippen LogP contribution is -2.62. The molecule has 1 saturated heterocycles. The predicted octanol–water partition coefficient (Wildman–Crippen LogP) is 4.29. The fraction of sp³-hybridized carbons (Fsp3) is 0.667. The second kappa shape index (κ2) is 6.09. The molecule has 0 aliphatic carbocycles. The Kier molecular flexibility index (Phi) is 4.67. The minimum Gasteiger partial charge on any atom is -0.297 e. The Morgan fingerprint density at radius 2 is 1.74 bits per heavy atom. The normalized spacial score (nSPS) is 27.6. The molecule has 0 radical (unpaired) electrons. The third-order valence-electron chi connectivity index (χ3n) is 4.85. The van der Waals surface area contributed by atoms with Gasteiger partial charge in [0.25, 0.3) is 0 Å². The zero-order chi connectivity index (χ0) is 14.0. The maximum atomic E-state index is 2.71. The van der Waals surface area contributed by atoms with Crippen LogP contribution in [0.15, 0.2) is 24.3 Å². The van der Waals surface area contributed by atoms with Crippen LogP contribution in [0.5, 0.6) is 0 Å². The number of nitrogens with zero attached hydrogens (tertiary/aromatic N) is 1. The Morgan fingerprint density at radius 3 is 2.32 bits per heavy atom. The summed E-state index contributed by atoms with van der Waals surface area (Å²) in [6.07, 6.45) is 2.53. The number of aryl methyl sites for hydroxylation is 1. The van der Waals surface area contributed by atoms with Crippen molar-refractivity contribution in [3.63, 3.8) is 0 Å². The lowest BCUT2D eigenvalue weighted by Gasteiger charge is -2.53. The summed E-state index contributed by atoms with van der Waals surface area (Å²) in [6.45, 7) is 12.9. The van der Waals surface area contributed by atoms with Crippen molar-refractivity contribution in [1.29, 1.82) is 0 Å². The molecule has 1 nitrogen and oxygen atoms in total. The van der Waals surface area contributed by atoms with E-state index in [1.807, 2.05) is 0 Å². The third-order valence-corrected chi connectivity index (χ3v) is 4.85. The van der Waals surface area contributed by atoms with E-state index in [0.29, 0.717) is 0 Å². The first-order valence-electron chi connectivity index (χ1n) is 7.80. The van der Waals surface area contributed by atoms with Crippen molar-refractivity contribution in [1.82, 2.24) is 4.90 Å². The predicted molar refractivity (Wildman–Crippen MR) is 83.5 cm³/mol. The maximum absolute atomic E-state index is 2.71. The zero-order valence-corrected chi connectivity index (χ0v) is 13.2. The molecule has 1 heterocycles. The van der Waals surface area contributed by atoms with Crippen LogP contribution in [0, 0.1) is 18.8 Å². The number of hydrogen-bond acceptors (Lipinski definition) is 1. The van der Waals surface area contributed by atoms with E-state index in [4.69, 9.17) is 0 Å². The van der Waals surface area contributed by atoms with Crippen molar-refractivity contribution in [3.05, 3.63) is 35.4 Å².